The molecule has 0 aromatic heterocycles. The van der Waals surface area contributed by atoms with Crippen molar-refractivity contribution >= 4 is 17.1 Å². The number of hydrogen-bond acceptors (Lipinski definition) is 1. The first kappa shape index (κ1) is 31.5. The van der Waals surface area contributed by atoms with Crippen molar-refractivity contribution < 1.29 is 0 Å². The number of nitrogens with zero attached hydrogens (tertiary/aromatic N) is 1. The molecule has 9 rings (SSSR count). The molecule has 1 aliphatic rings. The highest BCUT2D eigenvalue weighted by molar-refractivity contribution is 6.00. The van der Waals surface area contributed by atoms with Crippen LogP contribution < -0.4 is 4.90 Å². The van der Waals surface area contributed by atoms with Crippen LogP contribution in [0.4, 0.5) is 17.1 Å². The van der Waals surface area contributed by atoms with E-state index in [9.17, 15) is 0 Å². The summed E-state index contributed by atoms with van der Waals surface area (Å²) in [5.74, 6) is 0. The lowest BCUT2D eigenvalue weighted by Gasteiger charge is -2.31. The highest BCUT2D eigenvalue weighted by atomic mass is 15.1. The van der Waals surface area contributed by atoms with Crippen molar-refractivity contribution in [1.29, 1.82) is 0 Å². The van der Waals surface area contributed by atoms with E-state index in [1.807, 2.05) is 0 Å². The van der Waals surface area contributed by atoms with Gasteiger partial charge in [0.25, 0.3) is 0 Å². The third-order valence-corrected chi connectivity index (χ3v) is 10.7. The average Bonchev–Trinajstić information content (AvgIpc) is 3.44. The second kappa shape index (κ2) is 13.0. The van der Waals surface area contributed by atoms with Crippen molar-refractivity contribution in [2.45, 2.75) is 19.3 Å². The van der Waals surface area contributed by atoms with Crippen LogP contribution in [0.25, 0.3) is 55.6 Å². The summed E-state index contributed by atoms with van der Waals surface area (Å²) in [6, 6.07) is 72.8. The van der Waals surface area contributed by atoms with E-state index in [4.69, 9.17) is 0 Å². The van der Waals surface area contributed by atoms with E-state index in [0.29, 0.717) is 0 Å². The van der Waals surface area contributed by atoms with Gasteiger partial charge < -0.3 is 4.90 Å². The SMILES string of the molecule is CC1(C)c2ccccc2-c2cc(-c3cccc(N(c4ccc(-c5ccccc5)cc4)c4ccccc4-c4ccccc4)c3-c3ccccc3)ccc21. The van der Waals surface area contributed by atoms with Crippen LogP contribution >= 0.6 is 0 Å². The molecule has 0 spiro atoms. The van der Waals surface area contributed by atoms with Gasteiger partial charge in [-0.3, -0.25) is 0 Å². The minimum Gasteiger partial charge on any atom is -0.309 e. The summed E-state index contributed by atoms with van der Waals surface area (Å²) in [6.45, 7) is 4.69. The molecule has 0 heterocycles. The molecule has 0 fully saturated rings. The third kappa shape index (κ3) is 5.43. The van der Waals surface area contributed by atoms with Crippen LogP contribution in [-0.2, 0) is 5.41 Å². The fourth-order valence-corrected chi connectivity index (χ4v) is 8.13. The van der Waals surface area contributed by atoms with Crippen molar-refractivity contribution in [2.75, 3.05) is 4.90 Å². The lowest BCUT2D eigenvalue weighted by atomic mass is 9.82. The Labute approximate surface area is 307 Å². The van der Waals surface area contributed by atoms with Crippen LogP contribution in [0.15, 0.2) is 200 Å². The quantitative estimate of drug-likeness (QED) is 0.164. The van der Waals surface area contributed by atoms with Gasteiger partial charge in [0.15, 0.2) is 0 Å². The zero-order valence-electron chi connectivity index (χ0n) is 29.5. The molecule has 0 saturated heterocycles. The third-order valence-electron chi connectivity index (χ3n) is 10.7. The fraction of sp³-hybridized carbons (Fsp3) is 0.0588. The van der Waals surface area contributed by atoms with Crippen molar-refractivity contribution in [3.63, 3.8) is 0 Å². The van der Waals surface area contributed by atoms with Crippen LogP contribution in [0.3, 0.4) is 0 Å². The molecule has 8 aromatic carbocycles. The Balaban J connectivity index is 1.29. The smallest absolute Gasteiger partial charge is 0.0546 e. The Kier molecular flexibility index (Phi) is 7.90. The zero-order chi connectivity index (χ0) is 35.1. The topological polar surface area (TPSA) is 3.24 Å². The Morgan fingerprint density at radius 2 is 0.827 bits per heavy atom. The van der Waals surface area contributed by atoms with E-state index in [1.165, 1.54) is 66.8 Å². The molecule has 52 heavy (non-hydrogen) atoms. The van der Waals surface area contributed by atoms with Gasteiger partial charge in [0.2, 0.25) is 0 Å². The van der Waals surface area contributed by atoms with Gasteiger partial charge in [-0.05, 0) is 86.0 Å². The highest BCUT2D eigenvalue weighted by Crippen LogP contribution is 2.52. The number of para-hydroxylation sites is 1. The predicted octanol–water partition coefficient (Wildman–Crippen LogP) is 14.1. The van der Waals surface area contributed by atoms with Gasteiger partial charge in [-0.1, -0.05) is 184 Å². The summed E-state index contributed by atoms with van der Waals surface area (Å²) in [4.78, 5) is 2.45. The molecule has 0 amide bonds. The lowest BCUT2D eigenvalue weighted by molar-refractivity contribution is 0.660. The first-order valence-electron chi connectivity index (χ1n) is 18.1. The van der Waals surface area contributed by atoms with E-state index in [1.54, 1.807) is 0 Å². The molecule has 1 nitrogen and oxygen atoms in total. The molecule has 0 aliphatic heterocycles. The Bertz CT molecular complexity index is 2510. The summed E-state index contributed by atoms with van der Waals surface area (Å²) in [5, 5.41) is 0. The van der Waals surface area contributed by atoms with E-state index >= 15 is 0 Å². The standard InChI is InChI=1S/C51H39N/c1-51(2)46-26-14-12-24-44(46)45-35-40(31-34-47(45)51)43-25-16-28-49(50(43)39-21-10-5-11-22-39)52(41-32-29-37(30-33-41)36-17-6-3-7-18-36)48-27-15-13-23-42(48)38-19-8-4-9-20-38/h3-35H,1-2H3. The van der Waals surface area contributed by atoms with Crippen molar-refractivity contribution in [2.24, 2.45) is 0 Å². The van der Waals surface area contributed by atoms with Gasteiger partial charge >= 0.3 is 0 Å². The lowest BCUT2D eigenvalue weighted by Crippen LogP contribution is -2.14. The Morgan fingerprint density at radius 3 is 1.54 bits per heavy atom. The number of benzene rings is 8. The van der Waals surface area contributed by atoms with E-state index in [2.05, 4.69) is 219 Å². The maximum absolute atomic E-state index is 2.45. The molecule has 0 saturated carbocycles. The van der Waals surface area contributed by atoms with Crippen LogP contribution in [-0.4, -0.2) is 0 Å². The molecule has 0 radical (unpaired) electrons. The minimum atomic E-state index is -0.0432. The van der Waals surface area contributed by atoms with E-state index < -0.39 is 0 Å². The summed E-state index contributed by atoms with van der Waals surface area (Å²) in [7, 11) is 0. The summed E-state index contributed by atoms with van der Waals surface area (Å²) in [6.07, 6.45) is 0. The molecule has 1 heteroatoms. The maximum atomic E-state index is 2.45. The second-order valence-corrected chi connectivity index (χ2v) is 14.1. The first-order chi connectivity index (χ1) is 25.6. The van der Waals surface area contributed by atoms with Crippen molar-refractivity contribution in [1.82, 2.24) is 0 Å². The van der Waals surface area contributed by atoms with Gasteiger partial charge in [-0.2, -0.15) is 0 Å². The molecule has 8 aromatic rings. The fourth-order valence-electron chi connectivity index (χ4n) is 8.13. The van der Waals surface area contributed by atoms with Crippen LogP contribution in [0.1, 0.15) is 25.0 Å². The monoisotopic (exact) mass is 665 g/mol. The summed E-state index contributed by atoms with van der Waals surface area (Å²) in [5.41, 5.74) is 18.3. The average molecular weight is 666 g/mol. The maximum Gasteiger partial charge on any atom is 0.0546 e. The van der Waals surface area contributed by atoms with Gasteiger partial charge in [0.1, 0.15) is 0 Å². The Morgan fingerprint density at radius 1 is 0.327 bits per heavy atom. The molecular formula is C51H39N. The highest BCUT2D eigenvalue weighted by Gasteiger charge is 2.35. The van der Waals surface area contributed by atoms with Gasteiger partial charge in [0, 0.05) is 22.2 Å². The molecule has 1 aliphatic carbocycles. The number of anilines is 3. The number of rotatable bonds is 7. The molecule has 0 unspecified atom stereocenters. The van der Waals surface area contributed by atoms with Gasteiger partial charge in [-0.15, -0.1) is 0 Å². The van der Waals surface area contributed by atoms with E-state index in [0.717, 1.165) is 17.1 Å². The summed E-state index contributed by atoms with van der Waals surface area (Å²) >= 11 is 0. The van der Waals surface area contributed by atoms with E-state index in [-0.39, 0.29) is 5.41 Å². The largest absolute Gasteiger partial charge is 0.309 e. The molecule has 0 atom stereocenters. The number of hydrogen-bond donors (Lipinski definition) is 0. The minimum absolute atomic E-state index is 0.0432. The molecule has 0 bridgehead atoms. The summed E-state index contributed by atoms with van der Waals surface area (Å²) < 4.78 is 0. The normalized spacial score (nSPS) is 12.6. The van der Waals surface area contributed by atoms with Gasteiger partial charge in [-0.25, -0.2) is 0 Å². The second-order valence-electron chi connectivity index (χ2n) is 14.1. The predicted molar refractivity (Wildman–Crippen MR) is 220 cm³/mol. The van der Waals surface area contributed by atoms with Crippen LogP contribution in [0, 0.1) is 0 Å². The van der Waals surface area contributed by atoms with Crippen molar-refractivity contribution in [3.05, 3.63) is 211 Å². The first-order valence-corrected chi connectivity index (χ1v) is 18.1. The van der Waals surface area contributed by atoms with Crippen LogP contribution in [0.2, 0.25) is 0 Å². The van der Waals surface area contributed by atoms with Crippen LogP contribution in [0.5, 0.6) is 0 Å². The van der Waals surface area contributed by atoms with Crippen molar-refractivity contribution in [3.8, 4) is 55.6 Å². The molecule has 248 valence electrons. The van der Waals surface area contributed by atoms with Gasteiger partial charge in [0.05, 0.1) is 11.4 Å². The molecular weight excluding hydrogens is 627 g/mol. The zero-order valence-corrected chi connectivity index (χ0v) is 29.5. The Hall–Kier alpha value is -6.44. The molecule has 0 N–H and O–H groups in total. The number of fused-ring (bicyclic) bond motifs is 3.